The average molecular weight is 484 g/mol. The second-order valence-electron chi connectivity index (χ2n) is 5.47. The van der Waals surface area contributed by atoms with Gasteiger partial charge in [-0.15, -0.1) is 4.99 Å². The summed E-state index contributed by atoms with van der Waals surface area (Å²) in [6, 6.07) is 14.2. The van der Waals surface area contributed by atoms with Crippen LogP contribution >= 0.6 is 0 Å². The summed E-state index contributed by atoms with van der Waals surface area (Å²) in [5, 5.41) is 17.3. The zero-order valence-corrected chi connectivity index (χ0v) is 17.7. The molecule has 0 unspecified atom stereocenters. The smallest absolute Gasteiger partial charge is 0.418 e. The van der Waals surface area contributed by atoms with Gasteiger partial charge in [-0.3, -0.25) is 9.97 Å². The van der Waals surface area contributed by atoms with Crippen molar-refractivity contribution in [2.24, 2.45) is 16.5 Å². The molecule has 3 rings (SSSR count). The van der Waals surface area contributed by atoms with Gasteiger partial charge in [-0.1, -0.05) is 24.3 Å². The summed E-state index contributed by atoms with van der Waals surface area (Å²) in [7, 11) is -6.00. The Bertz CT molecular complexity index is 1020. The summed E-state index contributed by atoms with van der Waals surface area (Å²) < 4.78 is 39.0. The maximum Gasteiger partial charge on any atom is 1.00 e. The van der Waals surface area contributed by atoms with Crippen molar-refractivity contribution in [2.75, 3.05) is 0 Å². The van der Waals surface area contributed by atoms with Gasteiger partial charge >= 0.3 is 24.3 Å². The van der Waals surface area contributed by atoms with Gasteiger partial charge in [-0.2, -0.15) is 10.5 Å². The van der Waals surface area contributed by atoms with Crippen LogP contribution in [0.25, 0.3) is 21.8 Å². The molecule has 0 atom stereocenters. The molecule has 2 aromatic heterocycles. The van der Waals surface area contributed by atoms with E-state index in [2.05, 4.69) is 39.2 Å². The molecule has 0 fully saturated rings. The van der Waals surface area contributed by atoms with Crippen molar-refractivity contribution in [1.29, 1.82) is 10.5 Å². The zero-order chi connectivity index (χ0) is 23.3. The fourth-order valence-electron chi connectivity index (χ4n) is 2.02. The number of aryl methyl sites for hydroxylation is 2. The summed E-state index contributed by atoms with van der Waals surface area (Å²) >= 11 is 0. The number of fused-ring (bicyclic) bond motifs is 3. The number of hydrogen-bond acceptors (Lipinski definition) is 5. The van der Waals surface area contributed by atoms with Crippen molar-refractivity contribution in [3.05, 3.63) is 47.8 Å². The molecule has 0 saturated heterocycles. The van der Waals surface area contributed by atoms with Gasteiger partial charge in [0, 0.05) is 29.1 Å². The number of aliphatic imine (C=N–C) groups is 1. The van der Waals surface area contributed by atoms with E-state index in [9.17, 15) is 17.3 Å². The Morgan fingerprint density at radius 3 is 1.39 bits per heavy atom. The Morgan fingerprint density at radius 2 is 1.16 bits per heavy atom. The van der Waals surface area contributed by atoms with E-state index in [1.165, 1.54) is 13.1 Å². The predicted octanol–water partition coefficient (Wildman–Crippen LogP) is 3.97. The molecule has 1 aromatic carbocycles. The molecule has 13 heteroatoms. The zero-order valence-electron chi connectivity index (χ0n) is 16.7. The quantitative estimate of drug-likeness (QED) is 0.124. The molecule has 0 aliphatic carbocycles. The first-order valence-electron chi connectivity index (χ1n) is 8.22. The summed E-state index contributed by atoms with van der Waals surface area (Å²) in [4.78, 5) is 12.1. The van der Waals surface area contributed by atoms with Crippen LogP contribution < -0.4 is 11.5 Å². The summed E-state index contributed by atoms with van der Waals surface area (Å²) in [5.74, 6) is -0.197. The van der Waals surface area contributed by atoms with E-state index in [0.717, 1.165) is 33.2 Å². The Balaban J connectivity index is 0. The number of halogens is 4. The summed E-state index contributed by atoms with van der Waals surface area (Å²) in [6.07, 6.45) is 1.41. The molecule has 0 bridgehead atoms. The van der Waals surface area contributed by atoms with E-state index >= 15 is 0 Å². The first kappa shape index (κ1) is 29.8. The van der Waals surface area contributed by atoms with Crippen molar-refractivity contribution in [3.8, 4) is 12.3 Å². The molecule has 0 aliphatic heterocycles. The molecule has 168 valence electrons. The average Bonchev–Trinajstić information content (AvgIpc) is 2.61. The van der Waals surface area contributed by atoms with Crippen molar-refractivity contribution >= 4 is 35.0 Å². The van der Waals surface area contributed by atoms with Crippen LogP contribution in [0.1, 0.15) is 18.3 Å². The second-order valence-corrected chi connectivity index (χ2v) is 5.47. The Labute approximate surface area is 187 Å². The van der Waals surface area contributed by atoms with Gasteiger partial charge < -0.3 is 28.7 Å². The Kier molecular flexibility index (Phi) is 14.0. The van der Waals surface area contributed by atoms with Gasteiger partial charge in [0.15, 0.2) is 0 Å². The molecule has 4 N–H and O–H groups in total. The third-order valence-electron chi connectivity index (χ3n) is 2.98. The van der Waals surface area contributed by atoms with E-state index in [4.69, 9.17) is 22.0 Å². The Morgan fingerprint density at radius 1 is 0.871 bits per heavy atom. The topological polar surface area (TPSA) is 138 Å². The minimum absolute atomic E-state index is 0. The van der Waals surface area contributed by atoms with Crippen molar-refractivity contribution in [2.45, 2.75) is 20.8 Å². The number of nitrogens with zero attached hydrogens (tertiary/aromatic N) is 5. The number of aromatic nitrogens is 2. The van der Waals surface area contributed by atoms with E-state index in [1.807, 2.05) is 26.0 Å². The largest absolute Gasteiger partial charge is 1.00 e. The van der Waals surface area contributed by atoms with Crippen LogP contribution in [0.15, 0.2) is 41.4 Å². The van der Waals surface area contributed by atoms with E-state index < -0.39 is 7.25 Å². The van der Waals surface area contributed by atoms with Gasteiger partial charge in [0.05, 0.1) is 17.1 Å². The minimum Gasteiger partial charge on any atom is -0.418 e. The first-order valence-corrected chi connectivity index (χ1v) is 8.22. The number of nitrogens with two attached hydrogens (primary N) is 2. The van der Waals surface area contributed by atoms with Crippen LogP contribution in [0.5, 0.6) is 0 Å². The molecule has 7 nitrogen and oxygen atoms in total. The fraction of sp³-hybridized carbons (Fsp3) is 0.167. The maximum absolute atomic E-state index is 9.75. The number of pyridine rings is 2. The fourth-order valence-corrected chi connectivity index (χ4v) is 2.02. The molecule has 0 radical (unpaired) electrons. The molecule has 31 heavy (non-hydrogen) atoms. The van der Waals surface area contributed by atoms with Crippen molar-refractivity contribution in [1.82, 2.24) is 9.97 Å². The normalized spacial score (nSPS) is 9.06. The van der Waals surface area contributed by atoms with Gasteiger partial charge in [0.25, 0.3) is 0 Å². The number of benzene rings is 1. The van der Waals surface area contributed by atoms with Gasteiger partial charge in [0.2, 0.25) is 12.2 Å². The molecular formula is C18H19BCuF4N7. The van der Waals surface area contributed by atoms with E-state index in [1.54, 1.807) is 6.07 Å². The van der Waals surface area contributed by atoms with Crippen LogP contribution in [0.2, 0.25) is 0 Å². The summed E-state index contributed by atoms with van der Waals surface area (Å²) in [6.45, 7) is 5.45. The van der Waals surface area contributed by atoms with Crippen LogP contribution in [0, 0.1) is 36.6 Å². The molecule has 0 saturated carbocycles. The third kappa shape index (κ3) is 13.4. The minimum atomic E-state index is -6.00. The Hall–Kier alpha value is -3.41. The van der Waals surface area contributed by atoms with Crippen LogP contribution in [0.3, 0.4) is 0 Å². The van der Waals surface area contributed by atoms with Crippen LogP contribution in [0.4, 0.5) is 17.3 Å². The van der Waals surface area contributed by atoms with Crippen LogP contribution in [-0.2, 0) is 17.1 Å². The van der Waals surface area contributed by atoms with Crippen LogP contribution in [-0.4, -0.2) is 23.2 Å². The number of guanidine groups is 1. The monoisotopic (exact) mass is 483 g/mol. The number of rotatable bonds is 0. The van der Waals surface area contributed by atoms with Gasteiger partial charge in [-0.25, -0.2) is 0 Å². The first-order chi connectivity index (χ1) is 13.9. The van der Waals surface area contributed by atoms with Crippen molar-refractivity contribution in [3.63, 3.8) is 0 Å². The van der Waals surface area contributed by atoms with E-state index in [-0.39, 0.29) is 23.0 Å². The maximum atomic E-state index is 9.75. The van der Waals surface area contributed by atoms with Gasteiger partial charge in [0.1, 0.15) is 0 Å². The molecule has 0 spiro atoms. The van der Waals surface area contributed by atoms with Crippen molar-refractivity contribution < 1.29 is 34.3 Å². The van der Waals surface area contributed by atoms with E-state index in [0.29, 0.717) is 0 Å². The SMILES string of the molecule is CC#N.Cc1ccc2ccc3ccc(C)nc3c2n1.F[B-](F)(F)F.N#CN=C(N)N.[Cu+]. The molecule has 0 aliphatic rings. The third-order valence-corrected chi connectivity index (χ3v) is 2.98. The second kappa shape index (κ2) is 14.6. The molecular weight excluding hydrogens is 465 g/mol. The molecule has 0 amide bonds. The van der Waals surface area contributed by atoms with Gasteiger partial charge in [-0.05, 0) is 26.0 Å². The molecule has 2 heterocycles. The summed E-state index contributed by atoms with van der Waals surface area (Å²) in [5.41, 5.74) is 13.5. The number of hydrogen-bond donors (Lipinski definition) is 2. The predicted molar refractivity (Wildman–Crippen MR) is 109 cm³/mol. The molecule has 3 aromatic rings. The standard InChI is InChI=1S/C14H12N2.C2H4N4.C2H3N.BF4.Cu/c1-9-3-5-11-7-8-12-6-4-10(2)16-14(12)13(11)15-9;3-1-6-2(4)5;1-2-3;2-1(3,4)5;/h3-8H,1-2H3;(H4,4,5,6);1H3;;/q;;;-1;+1. The number of nitriles is 2.